The molecule has 3 heterocycles. The Labute approximate surface area is 138 Å². The lowest BCUT2D eigenvalue weighted by molar-refractivity contribution is 0.141. The largest absolute Gasteiger partial charge is 0.488 e. The van der Waals surface area contributed by atoms with Crippen LogP contribution in [0.5, 0.6) is 5.75 Å². The van der Waals surface area contributed by atoms with Crippen molar-refractivity contribution in [1.82, 2.24) is 9.97 Å². The topological polar surface area (TPSA) is 56.3 Å². The third kappa shape index (κ3) is 3.00. The van der Waals surface area contributed by atoms with Gasteiger partial charge in [0, 0.05) is 12.1 Å². The second-order valence-corrected chi connectivity index (χ2v) is 6.43. The molecule has 0 amide bonds. The Morgan fingerprint density at radius 1 is 1.26 bits per heavy atom. The minimum absolute atomic E-state index is 0.170. The van der Waals surface area contributed by atoms with Crippen molar-refractivity contribution in [3.8, 4) is 5.75 Å². The van der Waals surface area contributed by atoms with E-state index in [-0.39, 0.29) is 6.10 Å². The summed E-state index contributed by atoms with van der Waals surface area (Å²) in [6.07, 6.45) is 2.72. The SMILES string of the molecule is Cc1csc2ncnc(Nc3ccc(OC4CCOC4)cc3)c12. The van der Waals surface area contributed by atoms with E-state index in [0.29, 0.717) is 6.61 Å². The summed E-state index contributed by atoms with van der Waals surface area (Å²) < 4.78 is 11.2. The molecule has 0 saturated carbocycles. The summed E-state index contributed by atoms with van der Waals surface area (Å²) in [6.45, 7) is 3.54. The average molecular weight is 327 g/mol. The van der Waals surface area contributed by atoms with E-state index in [4.69, 9.17) is 9.47 Å². The van der Waals surface area contributed by atoms with Gasteiger partial charge in [-0.2, -0.15) is 0 Å². The first-order valence-corrected chi connectivity index (χ1v) is 8.48. The van der Waals surface area contributed by atoms with Crippen LogP contribution in [0.2, 0.25) is 0 Å². The summed E-state index contributed by atoms with van der Waals surface area (Å²) in [5.74, 6) is 1.71. The van der Waals surface area contributed by atoms with Gasteiger partial charge in [0.25, 0.3) is 0 Å². The van der Waals surface area contributed by atoms with E-state index in [1.54, 1.807) is 17.7 Å². The van der Waals surface area contributed by atoms with E-state index in [1.165, 1.54) is 5.56 Å². The quantitative estimate of drug-likeness (QED) is 0.787. The van der Waals surface area contributed by atoms with Gasteiger partial charge in [-0.15, -0.1) is 11.3 Å². The van der Waals surface area contributed by atoms with Gasteiger partial charge in [0.1, 0.15) is 28.8 Å². The Hall–Kier alpha value is -2.18. The van der Waals surface area contributed by atoms with E-state index in [0.717, 1.165) is 40.5 Å². The molecule has 1 N–H and O–H groups in total. The minimum Gasteiger partial charge on any atom is -0.488 e. The molecule has 1 fully saturated rings. The Kier molecular flexibility index (Phi) is 3.85. The smallest absolute Gasteiger partial charge is 0.142 e. The van der Waals surface area contributed by atoms with Crippen LogP contribution in [-0.2, 0) is 4.74 Å². The molecular weight excluding hydrogens is 310 g/mol. The lowest BCUT2D eigenvalue weighted by atomic mass is 10.2. The highest BCUT2D eigenvalue weighted by atomic mass is 32.1. The Morgan fingerprint density at radius 2 is 2.13 bits per heavy atom. The third-order valence-electron chi connectivity index (χ3n) is 3.86. The summed E-state index contributed by atoms with van der Waals surface area (Å²) in [5, 5.41) is 6.56. The lowest BCUT2D eigenvalue weighted by Crippen LogP contribution is -2.15. The molecule has 2 aromatic heterocycles. The molecule has 1 unspecified atom stereocenters. The van der Waals surface area contributed by atoms with Gasteiger partial charge in [-0.1, -0.05) is 0 Å². The predicted molar refractivity (Wildman–Crippen MR) is 91.7 cm³/mol. The van der Waals surface area contributed by atoms with Crippen molar-refractivity contribution < 1.29 is 9.47 Å². The predicted octanol–water partition coefficient (Wildman–Crippen LogP) is 3.91. The van der Waals surface area contributed by atoms with Crippen LogP contribution < -0.4 is 10.1 Å². The summed E-state index contributed by atoms with van der Waals surface area (Å²) >= 11 is 1.64. The average Bonchev–Trinajstić information content (AvgIpc) is 3.20. The van der Waals surface area contributed by atoms with Crippen molar-refractivity contribution in [3.05, 3.63) is 41.5 Å². The van der Waals surface area contributed by atoms with Gasteiger partial charge in [0.2, 0.25) is 0 Å². The third-order valence-corrected chi connectivity index (χ3v) is 4.87. The maximum atomic E-state index is 5.88. The molecule has 1 aliphatic heterocycles. The fourth-order valence-corrected chi connectivity index (χ4v) is 3.55. The van der Waals surface area contributed by atoms with E-state index in [2.05, 4.69) is 27.6 Å². The van der Waals surface area contributed by atoms with E-state index in [1.807, 2.05) is 24.3 Å². The van der Waals surface area contributed by atoms with Crippen molar-refractivity contribution in [2.45, 2.75) is 19.4 Å². The highest BCUT2D eigenvalue weighted by Crippen LogP contribution is 2.30. The minimum atomic E-state index is 0.170. The molecule has 6 heteroatoms. The first kappa shape index (κ1) is 14.4. The Morgan fingerprint density at radius 3 is 2.91 bits per heavy atom. The number of thiophene rings is 1. The monoisotopic (exact) mass is 327 g/mol. The molecule has 0 aliphatic carbocycles. The van der Waals surface area contributed by atoms with Crippen LogP contribution in [-0.4, -0.2) is 29.3 Å². The highest BCUT2D eigenvalue weighted by Gasteiger charge is 2.17. The van der Waals surface area contributed by atoms with Crippen LogP contribution >= 0.6 is 11.3 Å². The van der Waals surface area contributed by atoms with Gasteiger partial charge in [-0.05, 0) is 42.1 Å². The van der Waals surface area contributed by atoms with Gasteiger partial charge >= 0.3 is 0 Å². The molecule has 1 atom stereocenters. The first-order valence-electron chi connectivity index (χ1n) is 7.60. The molecular formula is C17H17N3O2S. The molecule has 4 rings (SSSR count). The van der Waals surface area contributed by atoms with E-state index < -0.39 is 0 Å². The van der Waals surface area contributed by atoms with Crippen LogP contribution in [0.1, 0.15) is 12.0 Å². The molecule has 0 radical (unpaired) electrons. The van der Waals surface area contributed by atoms with Gasteiger partial charge in [0.05, 0.1) is 18.6 Å². The molecule has 3 aromatic rings. The number of fused-ring (bicyclic) bond motifs is 1. The molecule has 0 bridgehead atoms. The summed E-state index contributed by atoms with van der Waals surface area (Å²) in [4.78, 5) is 9.69. The number of hydrogen-bond acceptors (Lipinski definition) is 6. The van der Waals surface area contributed by atoms with Crippen molar-refractivity contribution in [1.29, 1.82) is 0 Å². The molecule has 0 spiro atoms. The molecule has 1 aliphatic rings. The van der Waals surface area contributed by atoms with Crippen molar-refractivity contribution >= 4 is 33.1 Å². The lowest BCUT2D eigenvalue weighted by Gasteiger charge is -2.12. The van der Waals surface area contributed by atoms with Crippen LogP contribution in [0.4, 0.5) is 11.5 Å². The zero-order valence-corrected chi connectivity index (χ0v) is 13.6. The maximum Gasteiger partial charge on any atom is 0.142 e. The van der Waals surface area contributed by atoms with Crippen molar-refractivity contribution in [3.63, 3.8) is 0 Å². The second-order valence-electron chi connectivity index (χ2n) is 5.57. The summed E-state index contributed by atoms with van der Waals surface area (Å²) in [7, 11) is 0. The van der Waals surface area contributed by atoms with Crippen molar-refractivity contribution in [2.24, 2.45) is 0 Å². The van der Waals surface area contributed by atoms with Crippen LogP contribution in [0, 0.1) is 6.92 Å². The molecule has 1 saturated heterocycles. The van der Waals surface area contributed by atoms with Gasteiger partial charge in [0.15, 0.2) is 0 Å². The first-order chi connectivity index (χ1) is 11.3. The van der Waals surface area contributed by atoms with Crippen LogP contribution in [0.15, 0.2) is 36.0 Å². The number of aryl methyl sites for hydroxylation is 1. The number of benzene rings is 1. The summed E-state index contributed by atoms with van der Waals surface area (Å²) in [5.41, 5.74) is 2.17. The van der Waals surface area contributed by atoms with Gasteiger partial charge in [-0.3, -0.25) is 0 Å². The Bertz CT molecular complexity index is 810. The molecule has 23 heavy (non-hydrogen) atoms. The number of rotatable bonds is 4. The second kappa shape index (κ2) is 6.14. The van der Waals surface area contributed by atoms with Gasteiger partial charge in [-0.25, -0.2) is 9.97 Å². The Balaban J connectivity index is 1.53. The fourth-order valence-electron chi connectivity index (χ4n) is 2.66. The van der Waals surface area contributed by atoms with Crippen molar-refractivity contribution in [2.75, 3.05) is 18.5 Å². The number of nitrogens with zero attached hydrogens (tertiary/aromatic N) is 2. The fraction of sp³-hybridized carbons (Fsp3) is 0.294. The van der Waals surface area contributed by atoms with E-state index >= 15 is 0 Å². The molecule has 5 nitrogen and oxygen atoms in total. The van der Waals surface area contributed by atoms with Gasteiger partial charge < -0.3 is 14.8 Å². The number of anilines is 2. The van der Waals surface area contributed by atoms with E-state index in [9.17, 15) is 0 Å². The number of ether oxygens (including phenoxy) is 2. The maximum absolute atomic E-state index is 5.88. The van der Waals surface area contributed by atoms with Crippen LogP contribution in [0.3, 0.4) is 0 Å². The van der Waals surface area contributed by atoms with Crippen LogP contribution in [0.25, 0.3) is 10.2 Å². The number of aromatic nitrogens is 2. The zero-order valence-electron chi connectivity index (χ0n) is 12.8. The highest BCUT2D eigenvalue weighted by molar-refractivity contribution is 7.17. The standard InChI is InChI=1S/C17H17N3O2S/c1-11-9-23-17-15(11)16(18-10-19-17)20-12-2-4-13(5-3-12)22-14-6-7-21-8-14/h2-5,9-10,14H,6-8H2,1H3,(H,18,19,20). The molecule has 118 valence electrons. The normalized spacial score (nSPS) is 17.5. The summed E-state index contributed by atoms with van der Waals surface area (Å²) in [6, 6.07) is 7.95. The zero-order chi connectivity index (χ0) is 15.6. The number of hydrogen-bond donors (Lipinski definition) is 1. The number of nitrogens with one attached hydrogen (secondary N) is 1. The molecule has 1 aromatic carbocycles.